The van der Waals surface area contributed by atoms with Crippen molar-refractivity contribution in [1.82, 2.24) is 0 Å². The van der Waals surface area contributed by atoms with Gasteiger partial charge in [0.1, 0.15) is 28.4 Å². The van der Waals surface area contributed by atoms with Crippen LogP contribution in [0.1, 0.15) is 20.7 Å². The molecule has 7 heteroatoms. The van der Waals surface area contributed by atoms with Crippen LogP contribution < -0.4 is 16.2 Å². The number of hydrogen-bond donors (Lipinski definition) is 4. The Morgan fingerprint density at radius 1 is 1.17 bits per heavy atom. The van der Waals surface area contributed by atoms with Gasteiger partial charge in [0, 0.05) is 6.07 Å². The molecule has 0 heterocycles. The van der Waals surface area contributed by atoms with Gasteiger partial charge in [-0.25, -0.2) is 0 Å². The molecule has 0 radical (unpaired) electrons. The third-order valence-electron chi connectivity index (χ3n) is 2.39. The van der Waals surface area contributed by atoms with Crippen molar-refractivity contribution >= 4 is 11.6 Å². The average molecular weight is 254 g/mol. The molecule has 18 heavy (non-hydrogen) atoms. The minimum Gasteiger partial charge on any atom is -0.507 e. The molecule has 0 aliphatic heterocycles. The quantitative estimate of drug-likeness (QED) is 0.514. The number of phenols is 2. The molecule has 0 saturated heterocycles. The van der Waals surface area contributed by atoms with E-state index in [1.165, 1.54) is 7.11 Å². The van der Waals surface area contributed by atoms with E-state index < -0.39 is 35.2 Å². The summed E-state index contributed by atoms with van der Waals surface area (Å²) in [6, 6.07) is 1.06. The van der Waals surface area contributed by atoms with Crippen LogP contribution in [0.5, 0.6) is 17.2 Å². The molecule has 0 aliphatic rings. The first-order chi connectivity index (χ1) is 8.47. The lowest BCUT2D eigenvalue weighted by atomic mass is 10.00. The van der Waals surface area contributed by atoms with Crippen LogP contribution in [0.4, 0.5) is 0 Å². The molecule has 0 saturated carbocycles. The van der Waals surface area contributed by atoms with Gasteiger partial charge < -0.3 is 26.4 Å². The number of nitrogens with two attached hydrogens (primary N) is 2. The zero-order chi connectivity index (χ0) is 13.9. The van der Waals surface area contributed by atoms with Crippen molar-refractivity contribution in [3.63, 3.8) is 0 Å². The number of ketones is 2. The number of ether oxygens (including phenoxy) is 1. The van der Waals surface area contributed by atoms with Crippen LogP contribution in [-0.4, -0.2) is 42.0 Å². The van der Waals surface area contributed by atoms with Gasteiger partial charge in [-0.05, 0) is 0 Å². The van der Waals surface area contributed by atoms with Gasteiger partial charge in [0.05, 0.1) is 20.2 Å². The van der Waals surface area contributed by atoms with E-state index in [-0.39, 0.29) is 17.9 Å². The van der Waals surface area contributed by atoms with Crippen LogP contribution in [0.25, 0.3) is 0 Å². The zero-order valence-corrected chi connectivity index (χ0v) is 9.77. The third-order valence-corrected chi connectivity index (χ3v) is 2.39. The fourth-order valence-electron chi connectivity index (χ4n) is 1.54. The minimum atomic E-state index is -0.696. The first-order valence-electron chi connectivity index (χ1n) is 5.07. The predicted octanol–water partition coefficient (Wildman–Crippen LogP) is -0.611. The number of benzene rings is 1. The van der Waals surface area contributed by atoms with Crippen molar-refractivity contribution in [2.45, 2.75) is 0 Å². The van der Waals surface area contributed by atoms with Crippen molar-refractivity contribution in [1.29, 1.82) is 0 Å². The highest BCUT2D eigenvalue weighted by molar-refractivity contribution is 6.09. The number of aromatic hydroxyl groups is 2. The summed E-state index contributed by atoms with van der Waals surface area (Å²) in [5, 5.41) is 19.5. The fraction of sp³-hybridized carbons (Fsp3) is 0.273. The van der Waals surface area contributed by atoms with Crippen molar-refractivity contribution in [2.24, 2.45) is 11.5 Å². The van der Waals surface area contributed by atoms with E-state index in [1.54, 1.807) is 0 Å². The molecule has 0 amide bonds. The summed E-state index contributed by atoms with van der Waals surface area (Å²) in [4.78, 5) is 23.1. The summed E-state index contributed by atoms with van der Waals surface area (Å²) in [7, 11) is 1.26. The Morgan fingerprint density at radius 3 is 2.11 bits per heavy atom. The molecule has 98 valence electrons. The third kappa shape index (κ3) is 2.27. The van der Waals surface area contributed by atoms with Crippen molar-refractivity contribution in [3.05, 3.63) is 17.2 Å². The molecule has 7 nitrogen and oxygen atoms in total. The predicted molar refractivity (Wildman–Crippen MR) is 63.1 cm³/mol. The number of Topliss-reactive ketones (excluding diaryl/α,β-unsaturated/α-hetero) is 2. The molecule has 0 aliphatic carbocycles. The average Bonchev–Trinajstić information content (AvgIpc) is 2.36. The van der Waals surface area contributed by atoms with E-state index in [0.717, 1.165) is 6.07 Å². The summed E-state index contributed by atoms with van der Waals surface area (Å²) < 4.78 is 4.86. The SMILES string of the molecule is COc1cc(O)c(C(=O)CN)c(O)c1C(=O)CN. The number of phenolic OH excluding ortho intramolecular Hbond substituents is 2. The molecule has 1 rings (SSSR count). The molecular weight excluding hydrogens is 240 g/mol. The van der Waals surface area contributed by atoms with E-state index in [9.17, 15) is 19.8 Å². The first-order valence-corrected chi connectivity index (χ1v) is 5.07. The van der Waals surface area contributed by atoms with E-state index in [4.69, 9.17) is 16.2 Å². The van der Waals surface area contributed by atoms with Crippen molar-refractivity contribution in [2.75, 3.05) is 20.2 Å². The molecule has 0 aromatic heterocycles. The first kappa shape index (κ1) is 13.9. The molecule has 0 spiro atoms. The van der Waals surface area contributed by atoms with Crippen LogP contribution in [0.15, 0.2) is 6.07 Å². The monoisotopic (exact) mass is 254 g/mol. The number of hydrogen-bond acceptors (Lipinski definition) is 7. The van der Waals surface area contributed by atoms with Gasteiger partial charge in [0.15, 0.2) is 11.6 Å². The number of carbonyl (C=O) groups is 2. The molecular formula is C11H14N2O5. The molecule has 1 aromatic carbocycles. The number of carbonyl (C=O) groups excluding carboxylic acids is 2. The van der Waals surface area contributed by atoms with Gasteiger partial charge in [0.2, 0.25) is 0 Å². The lowest BCUT2D eigenvalue weighted by Gasteiger charge is -2.13. The zero-order valence-electron chi connectivity index (χ0n) is 9.77. The summed E-state index contributed by atoms with van der Waals surface area (Å²) >= 11 is 0. The van der Waals surface area contributed by atoms with Crippen LogP contribution >= 0.6 is 0 Å². The topological polar surface area (TPSA) is 136 Å². The van der Waals surface area contributed by atoms with Crippen molar-refractivity contribution in [3.8, 4) is 17.2 Å². The molecule has 0 bridgehead atoms. The van der Waals surface area contributed by atoms with Crippen LogP contribution in [0.3, 0.4) is 0 Å². The highest BCUT2D eigenvalue weighted by Crippen LogP contribution is 2.38. The Labute approximate surface area is 103 Å². The summed E-state index contributed by atoms with van der Waals surface area (Å²) in [6.07, 6.45) is 0. The maximum Gasteiger partial charge on any atom is 0.183 e. The van der Waals surface area contributed by atoms with E-state index >= 15 is 0 Å². The Hall–Kier alpha value is -2.12. The maximum absolute atomic E-state index is 11.6. The Kier molecular flexibility index (Phi) is 4.24. The van der Waals surface area contributed by atoms with Gasteiger partial charge in [-0.15, -0.1) is 0 Å². The summed E-state index contributed by atoms with van der Waals surface area (Å²) in [5.41, 5.74) is 9.71. The van der Waals surface area contributed by atoms with E-state index in [1.807, 2.05) is 0 Å². The highest BCUT2D eigenvalue weighted by atomic mass is 16.5. The van der Waals surface area contributed by atoms with Gasteiger partial charge in [-0.2, -0.15) is 0 Å². The summed E-state index contributed by atoms with van der Waals surface area (Å²) in [6.45, 7) is -0.783. The maximum atomic E-state index is 11.6. The van der Waals surface area contributed by atoms with E-state index in [0.29, 0.717) is 0 Å². The molecule has 0 unspecified atom stereocenters. The van der Waals surface area contributed by atoms with E-state index in [2.05, 4.69) is 0 Å². The Bertz CT molecular complexity index is 499. The smallest absolute Gasteiger partial charge is 0.183 e. The van der Waals surface area contributed by atoms with Crippen LogP contribution in [-0.2, 0) is 0 Å². The Balaban J connectivity index is 3.58. The van der Waals surface area contributed by atoms with Crippen LogP contribution in [0.2, 0.25) is 0 Å². The molecule has 0 atom stereocenters. The van der Waals surface area contributed by atoms with Crippen LogP contribution in [0, 0.1) is 0 Å². The highest BCUT2D eigenvalue weighted by Gasteiger charge is 2.25. The molecule has 6 N–H and O–H groups in total. The second-order valence-electron chi connectivity index (χ2n) is 3.45. The lowest BCUT2D eigenvalue weighted by Crippen LogP contribution is -2.18. The van der Waals surface area contributed by atoms with Gasteiger partial charge in [-0.1, -0.05) is 0 Å². The standard InChI is InChI=1S/C11H14N2O5/c1-18-8-2-5(14)9(6(15)3-12)11(17)10(8)7(16)4-13/h2,14,17H,3-4,12-13H2,1H3. The second kappa shape index (κ2) is 5.48. The van der Waals surface area contributed by atoms with Crippen molar-refractivity contribution < 1.29 is 24.5 Å². The fourth-order valence-corrected chi connectivity index (χ4v) is 1.54. The summed E-state index contributed by atoms with van der Waals surface area (Å²) in [5.74, 6) is -2.55. The van der Waals surface area contributed by atoms with Gasteiger partial charge in [0.25, 0.3) is 0 Å². The Morgan fingerprint density at radius 2 is 1.67 bits per heavy atom. The molecule has 0 fully saturated rings. The minimum absolute atomic E-state index is 0.0611. The normalized spacial score (nSPS) is 10.2. The second-order valence-corrected chi connectivity index (χ2v) is 3.45. The lowest BCUT2D eigenvalue weighted by molar-refractivity contribution is 0.0993. The van der Waals surface area contributed by atoms with Gasteiger partial charge >= 0.3 is 0 Å². The largest absolute Gasteiger partial charge is 0.507 e. The molecule has 1 aromatic rings. The number of rotatable bonds is 5. The van der Waals surface area contributed by atoms with Gasteiger partial charge in [-0.3, -0.25) is 9.59 Å². The number of methoxy groups -OCH3 is 1.